The zero-order valence-corrected chi connectivity index (χ0v) is 18.2. The molecule has 1 unspecified atom stereocenters. The minimum Gasteiger partial charge on any atom is -0.489 e. The van der Waals surface area contributed by atoms with E-state index in [-0.39, 0.29) is 11.9 Å². The fourth-order valence-corrected chi connectivity index (χ4v) is 2.80. The first-order valence-electron chi connectivity index (χ1n) is 10.3. The van der Waals surface area contributed by atoms with Gasteiger partial charge < -0.3 is 20.1 Å². The van der Waals surface area contributed by atoms with Gasteiger partial charge in [0.05, 0.1) is 6.04 Å². The van der Waals surface area contributed by atoms with Gasteiger partial charge >= 0.3 is 6.09 Å². The van der Waals surface area contributed by atoms with E-state index in [4.69, 9.17) is 9.47 Å². The average molecular weight is 413 g/mol. The lowest BCUT2D eigenvalue weighted by Gasteiger charge is -2.24. The van der Waals surface area contributed by atoms with E-state index < -0.39 is 11.7 Å². The molecule has 2 N–H and O–H groups in total. The molecule has 0 aliphatic heterocycles. The Labute approximate surface area is 179 Å². The normalized spacial score (nSPS) is 12.0. The van der Waals surface area contributed by atoms with Gasteiger partial charge in [0, 0.05) is 13.0 Å². The van der Waals surface area contributed by atoms with Crippen molar-refractivity contribution in [1.29, 1.82) is 0 Å². The third kappa shape index (κ3) is 8.99. The van der Waals surface area contributed by atoms with Gasteiger partial charge in [-0.2, -0.15) is 0 Å². The van der Waals surface area contributed by atoms with Gasteiger partial charge in [-0.25, -0.2) is 4.79 Å². The van der Waals surface area contributed by atoms with Crippen molar-refractivity contribution in [2.75, 3.05) is 6.54 Å². The van der Waals surface area contributed by atoms with E-state index in [1.807, 2.05) is 75.4 Å². The van der Waals surface area contributed by atoms with E-state index in [0.29, 0.717) is 26.0 Å². The third-order valence-corrected chi connectivity index (χ3v) is 4.22. The molecule has 0 spiro atoms. The lowest BCUT2D eigenvalue weighted by Crippen LogP contribution is -2.46. The van der Waals surface area contributed by atoms with E-state index in [9.17, 15) is 9.59 Å². The van der Waals surface area contributed by atoms with Crippen LogP contribution in [-0.4, -0.2) is 30.2 Å². The van der Waals surface area contributed by atoms with Gasteiger partial charge in [0.15, 0.2) is 0 Å². The molecule has 2 amide bonds. The molecule has 162 valence electrons. The molecule has 2 aromatic rings. The highest BCUT2D eigenvalue weighted by Crippen LogP contribution is 2.17. The zero-order chi connectivity index (χ0) is 22.0. The van der Waals surface area contributed by atoms with Gasteiger partial charge in [0.2, 0.25) is 5.91 Å². The molecule has 0 heterocycles. The van der Waals surface area contributed by atoms with Crippen LogP contribution < -0.4 is 15.4 Å². The van der Waals surface area contributed by atoms with Crippen LogP contribution in [0.25, 0.3) is 0 Å². The predicted octanol–water partition coefficient (Wildman–Crippen LogP) is 4.23. The van der Waals surface area contributed by atoms with Crippen LogP contribution in [0.3, 0.4) is 0 Å². The maximum absolute atomic E-state index is 12.2. The summed E-state index contributed by atoms with van der Waals surface area (Å²) in [5.41, 5.74) is 1.49. The summed E-state index contributed by atoms with van der Waals surface area (Å²) in [6.45, 7) is 8.03. The van der Waals surface area contributed by atoms with Crippen LogP contribution in [0.1, 0.15) is 45.2 Å². The van der Waals surface area contributed by atoms with Crippen molar-refractivity contribution in [3.05, 3.63) is 65.7 Å². The largest absolute Gasteiger partial charge is 0.489 e. The molecule has 6 heteroatoms. The molecular weight excluding hydrogens is 380 g/mol. The van der Waals surface area contributed by atoms with Crippen molar-refractivity contribution < 1.29 is 19.1 Å². The van der Waals surface area contributed by atoms with Gasteiger partial charge in [0.1, 0.15) is 18.0 Å². The molecule has 1 atom stereocenters. The molecule has 2 aromatic carbocycles. The number of carbonyl (C=O) groups excluding carboxylic acids is 2. The van der Waals surface area contributed by atoms with Gasteiger partial charge in [-0.05, 0) is 50.5 Å². The number of hydrogen-bond donors (Lipinski definition) is 2. The minimum atomic E-state index is -0.591. The number of nitrogens with one attached hydrogen (secondary N) is 2. The van der Waals surface area contributed by atoms with Gasteiger partial charge in [0.25, 0.3) is 0 Å². The van der Waals surface area contributed by atoms with E-state index in [1.54, 1.807) is 6.92 Å². The monoisotopic (exact) mass is 412 g/mol. The van der Waals surface area contributed by atoms with E-state index in [1.165, 1.54) is 0 Å². The van der Waals surface area contributed by atoms with Crippen LogP contribution >= 0.6 is 0 Å². The third-order valence-electron chi connectivity index (χ3n) is 4.22. The maximum Gasteiger partial charge on any atom is 0.407 e. The molecule has 0 radical (unpaired) electrons. The molecule has 6 nitrogen and oxygen atoms in total. The molecule has 2 rings (SSSR count). The Hall–Kier alpha value is -3.02. The average Bonchev–Trinajstić information content (AvgIpc) is 2.70. The standard InChI is InChI=1S/C24H32N2O4/c1-5-22(27)25-16-20(26-23(28)30-24(2,3)4)14-19-12-9-13-21(15-19)29-17-18-10-7-6-8-11-18/h6-13,15,20H,5,14,16-17H2,1-4H3,(H,25,27)(H,26,28). The number of benzene rings is 2. The predicted molar refractivity (Wildman–Crippen MR) is 117 cm³/mol. The van der Waals surface area contributed by atoms with Crippen LogP contribution in [0, 0.1) is 0 Å². The van der Waals surface area contributed by atoms with E-state index >= 15 is 0 Å². The first kappa shape index (κ1) is 23.3. The summed E-state index contributed by atoms with van der Waals surface area (Å²) in [4.78, 5) is 23.9. The van der Waals surface area contributed by atoms with Crippen molar-refractivity contribution in [1.82, 2.24) is 10.6 Å². The van der Waals surface area contributed by atoms with Crippen molar-refractivity contribution in [2.45, 2.75) is 58.8 Å². The molecule has 0 aliphatic rings. The lowest BCUT2D eigenvalue weighted by atomic mass is 10.1. The van der Waals surface area contributed by atoms with Crippen molar-refractivity contribution >= 4 is 12.0 Å². The summed E-state index contributed by atoms with van der Waals surface area (Å²) in [7, 11) is 0. The molecule has 30 heavy (non-hydrogen) atoms. The quantitative estimate of drug-likeness (QED) is 0.646. The lowest BCUT2D eigenvalue weighted by molar-refractivity contribution is -0.120. The number of alkyl carbamates (subject to hydrolysis) is 1. The second-order valence-corrected chi connectivity index (χ2v) is 8.13. The topological polar surface area (TPSA) is 76.7 Å². The summed E-state index contributed by atoms with van der Waals surface area (Å²) >= 11 is 0. The molecule has 0 saturated carbocycles. The highest BCUT2D eigenvalue weighted by Gasteiger charge is 2.20. The fourth-order valence-electron chi connectivity index (χ4n) is 2.80. The Morgan fingerprint density at radius 3 is 2.37 bits per heavy atom. The van der Waals surface area contributed by atoms with Crippen LogP contribution in [0.15, 0.2) is 54.6 Å². The summed E-state index contributed by atoms with van der Waals surface area (Å²) in [5, 5.41) is 5.70. The Bertz CT molecular complexity index is 815. The van der Waals surface area contributed by atoms with Gasteiger partial charge in [-0.3, -0.25) is 4.79 Å². The molecule has 0 saturated heterocycles. The summed E-state index contributed by atoms with van der Waals surface area (Å²) in [5.74, 6) is 0.691. The molecule has 0 aromatic heterocycles. The summed E-state index contributed by atoms with van der Waals surface area (Å²) in [6, 6.07) is 17.4. The number of hydrogen-bond acceptors (Lipinski definition) is 4. The van der Waals surface area contributed by atoms with Crippen LogP contribution in [0.5, 0.6) is 5.75 Å². The van der Waals surface area contributed by atoms with Gasteiger partial charge in [-0.15, -0.1) is 0 Å². The first-order valence-corrected chi connectivity index (χ1v) is 10.3. The summed E-state index contributed by atoms with van der Waals surface area (Å²) in [6.07, 6.45) is 0.419. The highest BCUT2D eigenvalue weighted by molar-refractivity contribution is 5.75. The highest BCUT2D eigenvalue weighted by atomic mass is 16.6. The number of rotatable bonds is 9. The second kappa shape index (κ2) is 11.2. The smallest absolute Gasteiger partial charge is 0.407 e. The summed E-state index contributed by atoms with van der Waals surface area (Å²) < 4.78 is 11.3. The van der Waals surface area contributed by atoms with Crippen molar-refractivity contribution in [3.8, 4) is 5.75 Å². The maximum atomic E-state index is 12.2. The number of ether oxygens (including phenoxy) is 2. The van der Waals surface area contributed by atoms with Gasteiger partial charge in [-0.1, -0.05) is 49.4 Å². The Morgan fingerprint density at radius 2 is 1.70 bits per heavy atom. The SMILES string of the molecule is CCC(=O)NCC(Cc1cccc(OCc2ccccc2)c1)NC(=O)OC(C)(C)C. The molecular formula is C24H32N2O4. The molecule has 0 aliphatic carbocycles. The zero-order valence-electron chi connectivity index (χ0n) is 18.2. The van der Waals surface area contributed by atoms with Crippen molar-refractivity contribution in [2.24, 2.45) is 0 Å². The Kier molecular flexibility index (Phi) is 8.71. The fraction of sp³-hybridized carbons (Fsp3) is 0.417. The number of carbonyl (C=O) groups is 2. The Morgan fingerprint density at radius 1 is 1.00 bits per heavy atom. The van der Waals surface area contributed by atoms with Crippen LogP contribution in [0.2, 0.25) is 0 Å². The van der Waals surface area contributed by atoms with Crippen molar-refractivity contribution in [3.63, 3.8) is 0 Å². The minimum absolute atomic E-state index is 0.0640. The van der Waals surface area contributed by atoms with E-state index in [0.717, 1.165) is 16.9 Å². The van der Waals surface area contributed by atoms with Crippen LogP contribution in [-0.2, 0) is 22.6 Å². The Balaban J connectivity index is 2.02. The van der Waals surface area contributed by atoms with E-state index in [2.05, 4.69) is 10.6 Å². The molecule has 0 fully saturated rings. The molecule has 0 bridgehead atoms. The van der Waals surface area contributed by atoms with Crippen LogP contribution in [0.4, 0.5) is 4.79 Å². The second-order valence-electron chi connectivity index (χ2n) is 8.13. The first-order chi connectivity index (χ1) is 14.2. The number of amides is 2.